The first-order valence-corrected chi connectivity index (χ1v) is 7.73. The summed E-state index contributed by atoms with van der Waals surface area (Å²) < 4.78 is 24.3. The SMILES string of the molecule is CC(=O)Nc1ccc2cccc(S(=O)(=O)CCO)c2c1. The summed E-state index contributed by atoms with van der Waals surface area (Å²) in [5.74, 6) is -0.545. The Morgan fingerprint density at radius 3 is 2.65 bits per heavy atom. The Morgan fingerprint density at radius 2 is 2.00 bits per heavy atom. The minimum Gasteiger partial charge on any atom is -0.395 e. The zero-order chi connectivity index (χ0) is 14.8. The van der Waals surface area contributed by atoms with Gasteiger partial charge in [-0.3, -0.25) is 4.79 Å². The van der Waals surface area contributed by atoms with Crippen LogP contribution >= 0.6 is 0 Å². The highest BCUT2D eigenvalue weighted by Gasteiger charge is 2.17. The number of anilines is 1. The first kappa shape index (κ1) is 14.5. The Kier molecular flexibility index (Phi) is 4.06. The van der Waals surface area contributed by atoms with Gasteiger partial charge in [-0.1, -0.05) is 18.2 Å². The highest BCUT2D eigenvalue weighted by Crippen LogP contribution is 2.26. The summed E-state index contributed by atoms with van der Waals surface area (Å²) in [6.07, 6.45) is 0. The van der Waals surface area contributed by atoms with Crippen LogP contribution in [0.1, 0.15) is 6.92 Å². The van der Waals surface area contributed by atoms with Crippen molar-refractivity contribution in [2.45, 2.75) is 11.8 Å². The Balaban J connectivity index is 2.63. The van der Waals surface area contributed by atoms with Crippen molar-refractivity contribution in [2.24, 2.45) is 0 Å². The number of rotatable bonds is 4. The fourth-order valence-electron chi connectivity index (χ4n) is 2.03. The topological polar surface area (TPSA) is 83.5 Å². The quantitative estimate of drug-likeness (QED) is 0.896. The van der Waals surface area contributed by atoms with Crippen molar-refractivity contribution in [2.75, 3.05) is 17.7 Å². The smallest absolute Gasteiger partial charge is 0.221 e. The molecule has 0 bridgehead atoms. The number of aliphatic hydroxyl groups excluding tert-OH is 1. The van der Waals surface area contributed by atoms with Crippen molar-refractivity contribution in [1.82, 2.24) is 0 Å². The van der Waals surface area contributed by atoms with E-state index in [1.165, 1.54) is 13.0 Å². The maximum Gasteiger partial charge on any atom is 0.221 e. The second-order valence-corrected chi connectivity index (χ2v) is 6.49. The van der Waals surface area contributed by atoms with Crippen LogP contribution in [0, 0.1) is 0 Å². The van der Waals surface area contributed by atoms with Crippen LogP contribution in [0.3, 0.4) is 0 Å². The molecular formula is C14H15NO4S. The van der Waals surface area contributed by atoms with Gasteiger partial charge < -0.3 is 10.4 Å². The van der Waals surface area contributed by atoms with Crippen LogP contribution in [0.15, 0.2) is 41.3 Å². The lowest BCUT2D eigenvalue weighted by Gasteiger charge is -2.09. The van der Waals surface area contributed by atoms with Crippen LogP contribution in [-0.2, 0) is 14.6 Å². The average molecular weight is 293 g/mol. The molecule has 1 amide bonds. The predicted molar refractivity (Wildman–Crippen MR) is 77.4 cm³/mol. The van der Waals surface area contributed by atoms with Crippen LogP contribution in [0.25, 0.3) is 10.8 Å². The number of aliphatic hydroxyl groups is 1. The van der Waals surface area contributed by atoms with Crippen LogP contribution in [0.5, 0.6) is 0 Å². The molecule has 0 radical (unpaired) electrons. The molecule has 0 unspecified atom stereocenters. The van der Waals surface area contributed by atoms with Gasteiger partial charge in [-0.2, -0.15) is 0 Å². The third kappa shape index (κ3) is 2.97. The van der Waals surface area contributed by atoms with E-state index in [2.05, 4.69) is 5.32 Å². The van der Waals surface area contributed by atoms with Gasteiger partial charge in [0.15, 0.2) is 9.84 Å². The van der Waals surface area contributed by atoms with Gasteiger partial charge in [0.05, 0.1) is 17.3 Å². The third-order valence-electron chi connectivity index (χ3n) is 2.86. The Hall–Kier alpha value is -1.92. The van der Waals surface area contributed by atoms with Crippen molar-refractivity contribution in [1.29, 1.82) is 0 Å². The molecule has 0 fully saturated rings. The molecule has 0 saturated carbocycles. The van der Waals surface area contributed by atoms with E-state index in [0.717, 1.165) is 5.39 Å². The van der Waals surface area contributed by atoms with Crippen LogP contribution in [0.2, 0.25) is 0 Å². The van der Waals surface area contributed by atoms with Crippen LogP contribution in [-0.4, -0.2) is 31.8 Å². The van der Waals surface area contributed by atoms with Crippen molar-refractivity contribution in [3.05, 3.63) is 36.4 Å². The lowest BCUT2D eigenvalue weighted by molar-refractivity contribution is -0.114. The maximum atomic E-state index is 12.1. The summed E-state index contributed by atoms with van der Waals surface area (Å²) in [4.78, 5) is 11.2. The number of fused-ring (bicyclic) bond motifs is 1. The molecular weight excluding hydrogens is 278 g/mol. The Bertz CT molecular complexity index is 753. The van der Waals surface area contributed by atoms with Gasteiger partial charge in [-0.25, -0.2) is 8.42 Å². The van der Waals surface area contributed by atoms with Crippen LogP contribution in [0.4, 0.5) is 5.69 Å². The molecule has 6 heteroatoms. The fourth-order valence-corrected chi connectivity index (χ4v) is 3.28. The van der Waals surface area contributed by atoms with E-state index in [9.17, 15) is 13.2 Å². The second kappa shape index (κ2) is 5.60. The molecule has 0 saturated heterocycles. The molecule has 106 valence electrons. The van der Waals surface area contributed by atoms with Crippen molar-refractivity contribution in [3.8, 4) is 0 Å². The highest BCUT2D eigenvalue weighted by atomic mass is 32.2. The molecule has 0 atom stereocenters. The minimum absolute atomic E-state index is 0.163. The first-order chi connectivity index (χ1) is 9.44. The average Bonchev–Trinajstić information content (AvgIpc) is 2.37. The molecule has 2 N–H and O–H groups in total. The van der Waals surface area contributed by atoms with E-state index in [1.54, 1.807) is 30.3 Å². The largest absolute Gasteiger partial charge is 0.395 e. The molecule has 2 rings (SSSR count). The third-order valence-corrected chi connectivity index (χ3v) is 4.60. The van der Waals surface area contributed by atoms with Gasteiger partial charge in [0, 0.05) is 18.0 Å². The predicted octanol–water partition coefficient (Wildman–Crippen LogP) is 1.56. The van der Waals surface area contributed by atoms with Gasteiger partial charge in [-0.15, -0.1) is 0 Å². The fraction of sp³-hybridized carbons (Fsp3) is 0.214. The van der Waals surface area contributed by atoms with Crippen molar-refractivity contribution >= 4 is 32.2 Å². The van der Waals surface area contributed by atoms with Gasteiger partial charge in [0.2, 0.25) is 5.91 Å². The Morgan fingerprint density at radius 1 is 1.25 bits per heavy atom. The van der Waals surface area contributed by atoms with E-state index >= 15 is 0 Å². The molecule has 0 aliphatic carbocycles. The van der Waals surface area contributed by atoms with Gasteiger partial charge in [0.1, 0.15) is 0 Å². The summed E-state index contributed by atoms with van der Waals surface area (Å²) in [7, 11) is -3.54. The van der Waals surface area contributed by atoms with Gasteiger partial charge in [-0.05, 0) is 23.6 Å². The van der Waals surface area contributed by atoms with Gasteiger partial charge >= 0.3 is 0 Å². The van der Waals surface area contributed by atoms with Gasteiger partial charge in [0.25, 0.3) is 0 Å². The normalized spacial score (nSPS) is 11.5. The summed E-state index contributed by atoms with van der Waals surface area (Å²) in [5, 5.41) is 12.8. The molecule has 5 nitrogen and oxygen atoms in total. The number of sulfone groups is 1. The van der Waals surface area contributed by atoms with E-state index in [-0.39, 0.29) is 16.6 Å². The zero-order valence-electron chi connectivity index (χ0n) is 11.0. The lowest BCUT2D eigenvalue weighted by Crippen LogP contribution is -2.11. The number of hydrogen-bond acceptors (Lipinski definition) is 4. The molecule has 0 aliphatic heterocycles. The lowest BCUT2D eigenvalue weighted by atomic mass is 10.1. The number of benzene rings is 2. The molecule has 2 aromatic rings. The molecule has 2 aromatic carbocycles. The highest BCUT2D eigenvalue weighted by molar-refractivity contribution is 7.91. The Labute approximate surface area is 117 Å². The second-order valence-electron chi connectivity index (χ2n) is 4.42. The number of hydrogen-bond donors (Lipinski definition) is 2. The number of carbonyl (C=O) groups is 1. The van der Waals surface area contributed by atoms with Crippen LogP contribution < -0.4 is 5.32 Å². The molecule has 0 heterocycles. The first-order valence-electron chi connectivity index (χ1n) is 6.08. The standard InChI is InChI=1S/C14H15NO4S/c1-10(17)15-12-6-5-11-3-2-4-14(13(11)9-12)20(18,19)8-7-16/h2-6,9,16H,7-8H2,1H3,(H,15,17). The monoisotopic (exact) mass is 293 g/mol. The number of nitrogens with one attached hydrogen (secondary N) is 1. The number of amides is 1. The summed E-state index contributed by atoms with van der Waals surface area (Å²) >= 11 is 0. The van der Waals surface area contributed by atoms with E-state index < -0.39 is 16.4 Å². The molecule has 0 aromatic heterocycles. The molecule has 20 heavy (non-hydrogen) atoms. The summed E-state index contributed by atoms with van der Waals surface area (Å²) in [6.45, 7) is 0.961. The molecule has 0 spiro atoms. The summed E-state index contributed by atoms with van der Waals surface area (Å²) in [5.41, 5.74) is 0.539. The minimum atomic E-state index is -3.54. The molecule has 0 aliphatic rings. The van der Waals surface area contributed by atoms with E-state index in [4.69, 9.17) is 5.11 Å². The summed E-state index contributed by atoms with van der Waals surface area (Å²) in [6, 6.07) is 10.0. The van der Waals surface area contributed by atoms with E-state index in [0.29, 0.717) is 11.1 Å². The van der Waals surface area contributed by atoms with Crippen molar-refractivity contribution < 1.29 is 18.3 Å². The number of carbonyl (C=O) groups excluding carboxylic acids is 1. The zero-order valence-corrected chi connectivity index (χ0v) is 11.8. The van der Waals surface area contributed by atoms with E-state index in [1.807, 2.05) is 0 Å². The van der Waals surface area contributed by atoms with Crippen molar-refractivity contribution in [3.63, 3.8) is 0 Å². The maximum absolute atomic E-state index is 12.1.